The SMILES string of the molecule is CCNc1cc(=O)n(CC)c2ccc([N+](=O)[O-])cc12. The Hall–Kier alpha value is -2.37. The average Bonchev–Trinajstić information content (AvgIpc) is 2.38. The average molecular weight is 261 g/mol. The number of hydrogen-bond acceptors (Lipinski definition) is 4. The molecule has 0 atom stereocenters. The number of aryl methyl sites for hydroxylation is 1. The highest BCUT2D eigenvalue weighted by molar-refractivity contribution is 5.93. The Bertz CT molecular complexity index is 691. The molecule has 6 nitrogen and oxygen atoms in total. The number of aromatic nitrogens is 1. The van der Waals surface area contributed by atoms with Gasteiger partial charge in [0.25, 0.3) is 11.2 Å². The minimum Gasteiger partial charge on any atom is -0.385 e. The molecule has 2 aromatic rings. The molecule has 19 heavy (non-hydrogen) atoms. The first-order valence-electron chi connectivity index (χ1n) is 6.14. The van der Waals surface area contributed by atoms with E-state index < -0.39 is 4.92 Å². The standard InChI is InChI=1S/C13H15N3O3/c1-3-14-11-8-13(17)15(4-2)12-6-5-9(16(18)19)7-10(11)12/h5-8,14H,3-4H2,1-2H3. The summed E-state index contributed by atoms with van der Waals surface area (Å²) in [6.45, 7) is 4.95. The van der Waals surface area contributed by atoms with Gasteiger partial charge in [-0.3, -0.25) is 14.9 Å². The maximum absolute atomic E-state index is 12.0. The van der Waals surface area contributed by atoms with E-state index in [1.165, 1.54) is 18.2 Å². The lowest BCUT2D eigenvalue weighted by molar-refractivity contribution is -0.384. The number of nitrogens with zero attached hydrogens (tertiary/aromatic N) is 2. The molecule has 2 rings (SSSR count). The Balaban J connectivity index is 2.82. The topological polar surface area (TPSA) is 77.2 Å². The fraction of sp³-hybridized carbons (Fsp3) is 0.308. The second-order valence-corrected chi connectivity index (χ2v) is 4.13. The molecule has 0 aliphatic heterocycles. The number of nitrogens with one attached hydrogen (secondary N) is 1. The first kappa shape index (κ1) is 13.1. The van der Waals surface area contributed by atoms with Crippen molar-refractivity contribution < 1.29 is 4.92 Å². The largest absolute Gasteiger partial charge is 0.385 e. The van der Waals surface area contributed by atoms with Crippen LogP contribution in [0.2, 0.25) is 0 Å². The van der Waals surface area contributed by atoms with Crippen molar-refractivity contribution in [2.45, 2.75) is 20.4 Å². The Kier molecular flexibility index (Phi) is 3.50. The molecule has 0 aliphatic rings. The number of anilines is 1. The van der Waals surface area contributed by atoms with E-state index in [0.29, 0.717) is 29.7 Å². The van der Waals surface area contributed by atoms with E-state index in [1.807, 2.05) is 13.8 Å². The predicted octanol–water partition coefficient (Wildman–Crippen LogP) is 2.36. The van der Waals surface area contributed by atoms with Crippen molar-refractivity contribution in [3.05, 3.63) is 44.7 Å². The van der Waals surface area contributed by atoms with Crippen LogP contribution in [0.25, 0.3) is 10.9 Å². The second kappa shape index (κ2) is 5.09. The van der Waals surface area contributed by atoms with Crippen LogP contribution < -0.4 is 10.9 Å². The summed E-state index contributed by atoms with van der Waals surface area (Å²) >= 11 is 0. The van der Waals surface area contributed by atoms with Crippen molar-refractivity contribution in [1.29, 1.82) is 0 Å². The van der Waals surface area contributed by atoms with E-state index in [2.05, 4.69) is 5.32 Å². The Morgan fingerprint density at radius 2 is 2.05 bits per heavy atom. The molecule has 0 fully saturated rings. The Morgan fingerprint density at radius 3 is 2.63 bits per heavy atom. The number of rotatable bonds is 4. The zero-order valence-electron chi connectivity index (χ0n) is 10.8. The number of benzene rings is 1. The number of non-ortho nitro benzene ring substituents is 1. The quantitative estimate of drug-likeness (QED) is 0.677. The number of fused-ring (bicyclic) bond motifs is 1. The van der Waals surface area contributed by atoms with E-state index in [4.69, 9.17) is 0 Å². The summed E-state index contributed by atoms with van der Waals surface area (Å²) < 4.78 is 1.60. The normalized spacial score (nSPS) is 10.6. The van der Waals surface area contributed by atoms with Gasteiger partial charge in [0.2, 0.25) is 0 Å². The van der Waals surface area contributed by atoms with Gasteiger partial charge in [-0.15, -0.1) is 0 Å². The van der Waals surface area contributed by atoms with E-state index in [-0.39, 0.29) is 11.2 Å². The first-order valence-corrected chi connectivity index (χ1v) is 6.14. The number of hydrogen-bond donors (Lipinski definition) is 1. The van der Waals surface area contributed by atoms with Gasteiger partial charge in [-0.1, -0.05) is 0 Å². The molecule has 100 valence electrons. The third-order valence-electron chi connectivity index (χ3n) is 2.99. The molecule has 0 spiro atoms. The molecule has 1 heterocycles. The maximum atomic E-state index is 12.0. The molecule has 0 bridgehead atoms. The van der Waals surface area contributed by atoms with E-state index in [9.17, 15) is 14.9 Å². The van der Waals surface area contributed by atoms with Gasteiger partial charge in [0.1, 0.15) is 0 Å². The molecule has 1 aromatic heterocycles. The van der Waals surface area contributed by atoms with E-state index >= 15 is 0 Å². The maximum Gasteiger partial charge on any atom is 0.270 e. The van der Waals surface area contributed by atoms with Gasteiger partial charge in [0.05, 0.1) is 10.4 Å². The van der Waals surface area contributed by atoms with Crippen LogP contribution in [0.3, 0.4) is 0 Å². The van der Waals surface area contributed by atoms with Crippen LogP contribution in [0.15, 0.2) is 29.1 Å². The van der Waals surface area contributed by atoms with Crippen LogP contribution in [-0.2, 0) is 6.54 Å². The summed E-state index contributed by atoms with van der Waals surface area (Å²) in [4.78, 5) is 22.4. The van der Waals surface area contributed by atoms with Crippen LogP contribution >= 0.6 is 0 Å². The van der Waals surface area contributed by atoms with E-state index in [0.717, 1.165) is 0 Å². The Labute approximate surface area is 109 Å². The molecular formula is C13H15N3O3. The van der Waals surface area contributed by atoms with Gasteiger partial charge in [0, 0.05) is 42.4 Å². The minimum atomic E-state index is -0.434. The van der Waals surface area contributed by atoms with Crippen molar-refractivity contribution in [1.82, 2.24) is 4.57 Å². The molecular weight excluding hydrogens is 246 g/mol. The fourth-order valence-corrected chi connectivity index (χ4v) is 2.15. The molecule has 0 saturated carbocycles. The van der Waals surface area contributed by atoms with E-state index in [1.54, 1.807) is 10.6 Å². The van der Waals surface area contributed by atoms with Gasteiger partial charge in [0.15, 0.2) is 0 Å². The van der Waals surface area contributed by atoms with Gasteiger partial charge in [-0.25, -0.2) is 0 Å². The van der Waals surface area contributed by atoms with Crippen LogP contribution in [-0.4, -0.2) is 16.0 Å². The summed E-state index contributed by atoms with van der Waals surface area (Å²) in [7, 11) is 0. The van der Waals surface area contributed by atoms with Crippen molar-refractivity contribution in [3.8, 4) is 0 Å². The number of nitro groups is 1. The summed E-state index contributed by atoms with van der Waals surface area (Å²) in [6.07, 6.45) is 0. The van der Waals surface area contributed by atoms with Gasteiger partial charge in [-0.05, 0) is 19.9 Å². The monoisotopic (exact) mass is 261 g/mol. The van der Waals surface area contributed by atoms with Crippen molar-refractivity contribution >= 4 is 22.3 Å². The molecule has 0 aliphatic carbocycles. The lowest BCUT2D eigenvalue weighted by Gasteiger charge is -2.12. The van der Waals surface area contributed by atoms with Gasteiger partial charge in [-0.2, -0.15) is 0 Å². The van der Waals surface area contributed by atoms with Gasteiger partial charge < -0.3 is 9.88 Å². The first-order chi connectivity index (χ1) is 9.08. The third-order valence-corrected chi connectivity index (χ3v) is 2.99. The number of pyridine rings is 1. The fourth-order valence-electron chi connectivity index (χ4n) is 2.15. The van der Waals surface area contributed by atoms with Crippen molar-refractivity contribution in [2.75, 3.05) is 11.9 Å². The lowest BCUT2D eigenvalue weighted by atomic mass is 10.1. The van der Waals surface area contributed by atoms with Crippen LogP contribution in [0.1, 0.15) is 13.8 Å². The number of nitro benzene ring substituents is 1. The predicted molar refractivity (Wildman–Crippen MR) is 74.7 cm³/mol. The highest BCUT2D eigenvalue weighted by atomic mass is 16.6. The smallest absolute Gasteiger partial charge is 0.270 e. The molecule has 0 unspecified atom stereocenters. The Morgan fingerprint density at radius 1 is 1.32 bits per heavy atom. The highest BCUT2D eigenvalue weighted by Crippen LogP contribution is 2.26. The van der Waals surface area contributed by atoms with Crippen LogP contribution in [0.4, 0.5) is 11.4 Å². The third kappa shape index (κ3) is 2.29. The molecule has 0 amide bonds. The molecule has 0 radical (unpaired) electrons. The lowest BCUT2D eigenvalue weighted by Crippen LogP contribution is -2.20. The molecule has 1 N–H and O–H groups in total. The molecule has 0 saturated heterocycles. The van der Waals surface area contributed by atoms with Crippen molar-refractivity contribution in [2.24, 2.45) is 0 Å². The van der Waals surface area contributed by atoms with Crippen LogP contribution in [0.5, 0.6) is 0 Å². The summed E-state index contributed by atoms with van der Waals surface area (Å²) in [5.74, 6) is 0. The zero-order valence-corrected chi connectivity index (χ0v) is 10.8. The van der Waals surface area contributed by atoms with Crippen LogP contribution in [0, 0.1) is 10.1 Å². The van der Waals surface area contributed by atoms with Crippen molar-refractivity contribution in [3.63, 3.8) is 0 Å². The summed E-state index contributed by atoms with van der Waals surface area (Å²) in [6, 6.07) is 6.03. The van der Waals surface area contributed by atoms with Gasteiger partial charge >= 0.3 is 0 Å². The summed E-state index contributed by atoms with van der Waals surface area (Å²) in [5.41, 5.74) is 1.25. The molecule has 6 heteroatoms. The minimum absolute atomic E-state index is 0.0213. The molecule has 1 aromatic carbocycles. The second-order valence-electron chi connectivity index (χ2n) is 4.13. The summed E-state index contributed by atoms with van der Waals surface area (Å²) in [5, 5.41) is 14.6. The zero-order chi connectivity index (χ0) is 14.0. The highest BCUT2D eigenvalue weighted by Gasteiger charge is 2.12.